The predicted octanol–water partition coefficient (Wildman–Crippen LogP) is 4.27. The Morgan fingerprint density at radius 2 is 1.63 bits per heavy atom. The molecule has 2 heteroatoms. The number of ether oxygens (including phenoxy) is 1. The maximum Gasteiger partial charge on any atom is 0.118 e. The molecule has 0 amide bonds. The number of nitrogens with zero attached hydrogens (tertiary/aromatic N) is 1. The van der Waals surface area contributed by atoms with E-state index in [2.05, 4.69) is 19.1 Å². The number of rotatable bonds is 4. The van der Waals surface area contributed by atoms with Gasteiger partial charge in [0.2, 0.25) is 0 Å². The summed E-state index contributed by atoms with van der Waals surface area (Å²) in [6.07, 6.45) is 0. The van der Waals surface area contributed by atoms with Crippen LogP contribution in [0, 0.1) is 0 Å². The normalized spacial score (nSPS) is 13.1. The zero-order valence-corrected chi connectivity index (χ0v) is 11.6. The number of methoxy groups -OCH3 is 1. The van der Waals surface area contributed by atoms with Crippen molar-refractivity contribution in [3.8, 4) is 5.75 Å². The molecule has 0 radical (unpaired) electrons. The van der Waals surface area contributed by atoms with Crippen molar-refractivity contribution in [1.82, 2.24) is 0 Å². The topological polar surface area (TPSA) is 21.6 Å². The fourth-order valence-electron chi connectivity index (χ4n) is 2.00. The van der Waals surface area contributed by atoms with E-state index >= 15 is 0 Å². The summed E-state index contributed by atoms with van der Waals surface area (Å²) in [5, 5.41) is 0. The highest BCUT2D eigenvalue weighted by molar-refractivity contribution is 5.98. The molecule has 0 heterocycles. The van der Waals surface area contributed by atoms with E-state index in [-0.39, 0.29) is 6.04 Å². The third-order valence-corrected chi connectivity index (χ3v) is 3.18. The Balaban J connectivity index is 2.18. The molecule has 0 aliphatic carbocycles. The minimum Gasteiger partial charge on any atom is -0.497 e. The van der Waals surface area contributed by atoms with Crippen molar-refractivity contribution < 1.29 is 4.74 Å². The lowest BCUT2D eigenvalue weighted by atomic mass is 10.1. The third-order valence-electron chi connectivity index (χ3n) is 3.18. The molecule has 0 spiro atoms. The van der Waals surface area contributed by atoms with Crippen LogP contribution >= 0.6 is 0 Å². The highest BCUT2D eigenvalue weighted by Gasteiger charge is 2.04. The maximum atomic E-state index is 5.16. The fraction of sp³-hybridized carbons (Fsp3) is 0.235. The molecular weight excluding hydrogens is 234 g/mol. The number of aliphatic imine (C=N–C) groups is 1. The molecule has 0 saturated heterocycles. The van der Waals surface area contributed by atoms with Gasteiger partial charge in [0, 0.05) is 5.71 Å². The molecule has 0 fully saturated rings. The summed E-state index contributed by atoms with van der Waals surface area (Å²) in [5.41, 5.74) is 3.40. The van der Waals surface area contributed by atoms with Crippen LogP contribution < -0.4 is 4.74 Å². The van der Waals surface area contributed by atoms with Crippen LogP contribution in [0.1, 0.15) is 31.0 Å². The number of hydrogen-bond acceptors (Lipinski definition) is 2. The van der Waals surface area contributed by atoms with E-state index in [1.54, 1.807) is 7.11 Å². The highest BCUT2D eigenvalue weighted by atomic mass is 16.5. The Morgan fingerprint density at radius 1 is 1.00 bits per heavy atom. The first kappa shape index (κ1) is 13.3. The Bertz CT molecular complexity index is 543. The lowest BCUT2D eigenvalue weighted by Crippen LogP contribution is -1.99. The first-order valence-corrected chi connectivity index (χ1v) is 6.44. The van der Waals surface area contributed by atoms with E-state index in [0.29, 0.717) is 0 Å². The molecule has 0 N–H and O–H groups in total. The van der Waals surface area contributed by atoms with Gasteiger partial charge >= 0.3 is 0 Å². The van der Waals surface area contributed by atoms with Crippen LogP contribution in [0.25, 0.3) is 0 Å². The van der Waals surface area contributed by atoms with Gasteiger partial charge in [0.25, 0.3) is 0 Å². The van der Waals surface area contributed by atoms with E-state index in [1.807, 2.05) is 49.4 Å². The minimum atomic E-state index is 0.170. The summed E-state index contributed by atoms with van der Waals surface area (Å²) in [6.45, 7) is 4.16. The molecule has 0 saturated carbocycles. The molecule has 2 aromatic rings. The molecule has 0 aromatic heterocycles. The second-order valence-electron chi connectivity index (χ2n) is 4.53. The van der Waals surface area contributed by atoms with Gasteiger partial charge in [-0.15, -0.1) is 0 Å². The zero-order valence-electron chi connectivity index (χ0n) is 11.6. The van der Waals surface area contributed by atoms with Gasteiger partial charge < -0.3 is 4.74 Å². The molecule has 2 nitrogen and oxygen atoms in total. The van der Waals surface area contributed by atoms with Crippen molar-refractivity contribution in [2.45, 2.75) is 19.9 Å². The lowest BCUT2D eigenvalue weighted by molar-refractivity contribution is 0.415. The van der Waals surface area contributed by atoms with Crippen molar-refractivity contribution >= 4 is 5.71 Å². The molecule has 19 heavy (non-hydrogen) atoms. The summed E-state index contributed by atoms with van der Waals surface area (Å²) >= 11 is 0. The Morgan fingerprint density at radius 3 is 2.21 bits per heavy atom. The van der Waals surface area contributed by atoms with Crippen LogP contribution in [-0.2, 0) is 0 Å². The van der Waals surface area contributed by atoms with Crippen LogP contribution in [0.4, 0.5) is 0 Å². The van der Waals surface area contributed by atoms with Crippen LogP contribution in [0.5, 0.6) is 5.75 Å². The predicted molar refractivity (Wildman–Crippen MR) is 80.1 cm³/mol. The fourth-order valence-corrected chi connectivity index (χ4v) is 2.00. The van der Waals surface area contributed by atoms with Crippen molar-refractivity contribution in [2.24, 2.45) is 4.99 Å². The number of benzene rings is 2. The monoisotopic (exact) mass is 253 g/mol. The van der Waals surface area contributed by atoms with Crippen molar-refractivity contribution in [3.63, 3.8) is 0 Å². The van der Waals surface area contributed by atoms with E-state index < -0.39 is 0 Å². The first-order chi connectivity index (χ1) is 9.20. The SMILES string of the molecule is COc1ccc(C(C)=N[C@@H](C)c2ccccc2)cc1. The standard InChI is InChI=1S/C17H19NO/c1-13(15-7-5-4-6-8-15)18-14(2)16-9-11-17(19-3)12-10-16/h4-13H,1-3H3/t13-/m0/s1. The second-order valence-corrected chi connectivity index (χ2v) is 4.53. The molecule has 0 unspecified atom stereocenters. The largest absolute Gasteiger partial charge is 0.497 e. The Hall–Kier alpha value is -2.09. The maximum absolute atomic E-state index is 5.16. The van der Waals surface area contributed by atoms with Crippen LogP contribution in [-0.4, -0.2) is 12.8 Å². The van der Waals surface area contributed by atoms with Gasteiger partial charge in [0.1, 0.15) is 5.75 Å². The van der Waals surface area contributed by atoms with Gasteiger partial charge in [-0.25, -0.2) is 0 Å². The van der Waals surface area contributed by atoms with Crippen molar-refractivity contribution in [1.29, 1.82) is 0 Å². The van der Waals surface area contributed by atoms with Crippen LogP contribution in [0.15, 0.2) is 59.6 Å². The van der Waals surface area contributed by atoms with E-state index in [9.17, 15) is 0 Å². The van der Waals surface area contributed by atoms with E-state index in [0.717, 1.165) is 17.0 Å². The molecule has 1 atom stereocenters. The average molecular weight is 253 g/mol. The molecule has 2 aromatic carbocycles. The van der Waals surface area contributed by atoms with Crippen molar-refractivity contribution in [3.05, 3.63) is 65.7 Å². The summed E-state index contributed by atoms with van der Waals surface area (Å²) in [7, 11) is 1.67. The first-order valence-electron chi connectivity index (χ1n) is 6.44. The van der Waals surface area contributed by atoms with Crippen LogP contribution in [0.3, 0.4) is 0 Å². The smallest absolute Gasteiger partial charge is 0.118 e. The Kier molecular flexibility index (Phi) is 4.35. The lowest BCUT2D eigenvalue weighted by Gasteiger charge is -2.09. The molecule has 0 aliphatic rings. The summed E-state index contributed by atoms with van der Waals surface area (Å²) in [5.74, 6) is 0.868. The second kappa shape index (κ2) is 6.19. The average Bonchev–Trinajstić information content (AvgIpc) is 2.48. The van der Waals surface area contributed by atoms with Gasteiger partial charge in [0.15, 0.2) is 0 Å². The van der Waals surface area contributed by atoms with E-state index in [4.69, 9.17) is 9.73 Å². The molecule has 2 rings (SSSR count). The summed E-state index contributed by atoms with van der Waals surface area (Å²) in [6, 6.07) is 18.5. The molecule has 0 aliphatic heterocycles. The van der Waals surface area contributed by atoms with Crippen molar-refractivity contribution in [2.75, 3.05) is 7.11 Å². The Labute approximate surface area is 114 Å². The third kappa shape index (κ3) is 3.44. The number of hydrogen-bond donors (Lipinski definition) is 0. The molecule has 0 bridgehead atoms. The van der Waals surface area contributed by atoms with Gasteiger partial charge in [-0.05, 0) is 49.2 Å². The molecular formula is C17H19NO. The van der Waals surface area contributed by atoms with Gasteiger partial charge in [-0.1, -0.05) is 30.3 Å². The quantitative estimate of drug-likeness (QED) is 0.746. The summed E-state index contributed by atoms with van der Waals surface area (Å²) in [4.78, 5) is 4.75. The van der Waals surface area contributed by atoms with Gasteiger partial charge in [0.05, 0.1) is 13.2 Å². The van der Waals surface area contributed by atoms with E-state index in [1.165, 1.54) is 5.56 Å². The van der Waals surface area contributed by atoms with Gasteiger partial charge in [-0.3, -0.25) is 4.99 Å². The minimum absolute atomic E-state index is 0.170. The highest BCUT2D eigenvalue weighted by Crippen LogP contribution is 2.18. The molecule has 98 valence electrons. The summed E-state index contributed by atoms with van der Waals surface area (Å²) < 4.78 is 5.16. The van der Waals surface area contributed by atoms with Crippen LogP contribution in [0.2, 0.25) is 0 Å². The zero-order chi connectivity index (χ0) is 13.7. The van der Waals surface area contributed by atoms with Gasteiger partial charge in [-0.2, -0.15) is 0 Å².